The fraction of sp³-hybridized carbons (Fsp3) is 0.294. The van der Waals surface area contributed by atoms with Crippen LogP contribution in [0.5, 0.6) is 11.5 Å². The van der Waals surface area contributed by atoms with Gasteiger partial charge in [-0.3, -0.25) is 0 Å². The molecule has 21 heavy (non-hydrogen) atoms. The molecule has 0 amide bonds. The van der Waals surface area contributed by atoms with Gasteiger partial charge in [0, 0.05) is 30.9 Å². The van der Waals surface area contributed by atoms with Crippen LogP contribution in [0, 0.1) is 5.82 Å². The maximum absolute atomic E-state index is 13.4. The van der Waals surface area contributed by atoms with Crippen LogP contribution in [0.3, 0.4) is 0 Å². The standard InChI is InChI=1S/C17H17BFNO/c18-16-8-7-15(12-17(16)19)21-14-6-4-5-13(11-14)20-9-2-1-3-10-20/h4-8,11-12H,1-3,9-10H2. The van der Waals surface area contributed by atoms with Gasteiger partial charge in [-0.2, -0.15) is 0 Å². The Bertz CT molecular complexity index is 626. The number of halogens is 1. The molecule has 4 heteroatoms. The van der Waals surface area contributed by atoms with Gasteiger partial charge in [-0.15, -0.1) is 0 Å². The predicted molar refractivity (Wildman–Crippen MR) is 84.4 cm³/mol. The minimum Gasteiger partial charge on any atom is -0.457 e. The van der Waals surface area contributed by atoms with Crippen molar-refractivity contribution in [1.29, 1.82) is 0 Å². The molecule has 0 unspecified atom stereocenters. The number of rotatable bonds is 3. The molecule has 106 valence electrons. The van der Waals surface area contributed by atoms with E-state index in [-0.39, 0.29) is 5.46 Å². The highest BCUT2D eigenvalue weighted by atomic mass is 19.1. The Morgan fingerprint density at radius 1 is 0.952 bits per heavy atom. The molecule has 2 aromatic carbocycles. The first-order valence-corrected chi connectivity index (χ1v) is 7.30. The van der Waals surface area contributed by atoms with Crippen molar-refractivity contribution in [3.8, 4) is 11.5 Å². The van der Waals surface area contributed by atoms with E-state index in [9.17, 15) is 4.39 Å². The summed E-state index contributed by atoms with van der Waals surface area (Å²) in [7, 11) is 5.47. The Kier molecular flexibility index (Phi) is 4.14. The van der Waals surface area contributed by atoms with Crippen LogP contribution < -0.4 is 15.1 Å². The minimum atomic E-state index is -0.459. The van der Waals surface area contributed by atoms with Crippen molar-refractivity contribution in [2.45, 2.75) is 19.3 Å². The summed E-state index contributed by atoms with van der Waals surface area (Å²) >= 11 is 0. The molecule has 1 aliphatic heterocycles. The fourth-order valence-electron chi connectivity index (χ4n) is 2.60. The predicted octanol–water partition coefficient (Wildman–Crippen LogP) is 3.40. The van der Waals surface area contributed by atoms with Crippen LogP contribution in [0.4, 0.5) is 10.1 Å². The van der Waals surface area contributed by atoms with Crippen molar-refractivity contribution in [3.05, 3.63) is 48.3 Å². The third kappa shape index (κ3) is 3.38. The van der Waals surface area contributed by atoms with Gasteiger partial charge in [-0.1, -0.05) is 17.6 Å². The van der Waals surface area contributed by atoms with E-state index in [1.165, 1.54) is 31.4 Å². The Hall–Kier alpha value is -1.97. The largest absolute Gasteiger partial charge is 0.457 e. The molecule has 2 nitrogen and oxygen atoms in total. The number of benzene rings is 2. The van der Waals surface area contributed by atoms with Crippen LogP contribution in [0.1, 0.15) is 19.3 Å². The van der Waals surface area contributed by atoms with Crippen LogP contribution in [0.2, 0.25) is 0 Å². The summed E-state index contributed by atoms with van der Waals surface area (Å²) in [6, 6.07) is 12.4. The van der Waals surface area contributed by atoms with Crippen LogP contribution >= 0.6 is 0 Å². The molecule has 2 aromatic rings. The maximum atomic E-state index is 13.4. The van der Waals surface area contributed by atoms with Gasteiger partial charge in [0.05, 0.1) is 0 Å². The van der Waals surface area contributed by atoms with Gasteiger partial charge in [0.15, 0.2) is 0 Å². The second-order valence-electron chi connectivity index (χ2n) is 5.33. The molecule has 3 rings (SSSR count). The summed E-state index contributed by atoms with van der Waals surface area (Å²) in [4.78, 5) is 2.36. The molecule has 0 spiro atoms. The van der Waals surface area contributed by atoms with Crippen molar-refractivity contribution in [2.24, 2.45) is 0 Å². The van der Waals surface area contributed by atoms with E-state index >= 15 is 0 Å². The normalized spacial score (nSPS) is 15.0. The summed E-state index contributed by atoms with van der Waals surface area (Å²) in [6.07, 6.45) is 3.76. The van der Waals surface area contributed by atoms with Crippen LogP contribution in [0.25, 0.3) is 0 Å². The lowest BCUT2D eigenvalue weighted by Crippen LogP contribution is -2.29. The number of hydrogen-bond acceptors (Lipinski definition) is 2. The van der Waals surface area contributed by atoms with Crippen molar-refractivity contribution >= 4 is 19.0 Å². The Balaban J connectivity index is 1.77. The van der Waals surface area contributed by atoms with Crippen molar-refractivity contribution in [2.75, 3.05) is 18.0 Å². The molecular weight excluding hydrogens is 264 g/mol. The number of hydrogen-bond donors (Lipinski definition) is 0. The molecule has 2 radical (unpaired) electrons. The lowest BCUT2D eigenvalue weighted by atomic mass is 9.96. The third-order valence-electron chi connectivity index (χ3n) is 3.75. The molecule has 0 bridgehead atoms. The molecule has 1 fully saturated rings. The van der Waals surface area contributed by atoms with E-state index in [1.807, 2.05) is 18.2 Å². The van der Waals surface area contributed by atoms with E-state index in [1.54, 1.807) is 6.07 Å². The van der Waals surface area contributed by atoms with Gasteiger partial charge < -0.3 is 9.64 Å². The molecule has 1 aliphatic rings. The zero-order chi connectivity index (χ0) is 14.7. The number of anilines is 1. The maximum Gasteiger partial charge on any atom is 0.130 e. The van der Waals surface area contributed by atoms with Gasteiger partial charge in [-0.25, -0.2) is 4.39 Å². The monoisotopic (exact) mass is 281 g/mol. The fourth-order valence-corrected chi connectivity index (χ4v) is 2.60. The third-order valence-corrected chi connectivity index (χ3v) is 3.75. The summed E-state index contributed by atoms with van der Waals surface area (Å²) in [5, 5.41) is 0. The average molecular weight is 281 g/mol. The first-order valence-electron chi connectivity index (χ1n) is 7.30. The van der Waals surface area contributed by atoms with Crippen molar-refractivity contribution in [1.82, 2.24) is 0 Å². The SMILES string of the molecule is [B]c1ccc(Oc2cccc(N3CCCCC3)c2)cc1F. The molecule has 0 saturated carbocycles. The van der Waals surface area contributed by atoms with Crippen LogP contribution in [-0.2, 0) is 0 Å². The first kappa shape index (κ1) is 14.0. The highest BCUT2D eigenvalue weighted by Crippen LogP contribution is 2.27. The van der Waals surface area contributed by atoms with Crippen LogP contribution in [0.15, 0.2) is 42.5 Å². The van der Waals surface area contributed by atoms with Gasteiger partial charge in [-0.05, 0) is 37.5 Å². The Morgan fingerprint density at radius 3 is 2.48 bits per heavy atom. The number of piperidine rings is 1. The van der Waals surface area contributed by atoms with Crippen molar-refractivity contribution in [3.63, 3.8) is 0 Å². The molecule has 1 heterocycles. The highest BCUT2D eigenvalue weighted by molar-refractivity contribution is 6.32. The first-order chi connectivity index (χ1) is 10.2. The van der Waals surface area contributed by atoms with E-state index < -0.39 is 5.82 Å². The average Bonchev–Trinajstić information content (AvgIpc) is 2.52. The van der Waals surface area contributed by atoms with Crippen LogP contribution in [-0.4, -0.2) is 20.9 Å². The van der Waals surface area contributed by atoms with Crippen molar-refractivity contribution < 1.29 is 9.13 Å². The lowest BCUT2D eigenvalue weighted by molar-refractivity contribution is 0.477. The molecule has 1 saturated heterocycles. The summed E-state index contributed by atoms with van der Waals surface area (Å²) < 4.78 is 19.2. The summed E-state index contributed by atoms with van der Waals surface area (Å²) in [5.41, 5.74) is 1.28. The molecule has 0 aromatic heterocycles. The van der Waals surface area contributed by atoms with Gasteiger partial charge in [0.1, 0.15) is 25.2 Å². The smallest absolute Gasteiger partial charge is 0.130 e. The zero-order valence-corrected chi connectivity index (χ0v) is 11.9. The van der Waals surface area contributed by atoms with E-state index in [2.05, 4.69) is 11.0 Å². The molecule has 0 N–H and O–H groups in total. The second kappa shape index (κ2) is 6.21. The van der Waals surface area contributed by atoms with Gasteiger partial charge in [0.25, 0.3) is 0 Å². The van der Waals surface area contributed by atoms with E-state index in [4.69, 9.17) is 12.6 Å². The zero-order valence-electron chi connectivity index (χ0n) is 11.9. The molecular formula is C17H17BFNO. The Morgan fingerprint density at radius 2 is 1.71 bits per heavy atom. The quantitative estimate of drug-likeness (QED) is 0.799. The molecule has 0 aliphatic carbocycles. The summed E-state index contributed by atoms with van der Waals surface area (Å²) in [5.74, 6) is 0.708. The van der Waals surface area contributed by atoms with E-state index in [0.29, 0.717) is 11.5 Å². The molecule has 0 atom stereocenters. The number of ether oxygens (including phenoxy) is 1. The van der Waals surface area contributed by atoms with Gasteiger partial charge in [0.2, 0.25) is 0 Å². The minimum absolute atomic E-state index is 0.129. The lowest BCUT2D eigenvalue weighted by Gasteiger charge is -2.29. The summed E-state index contributed by atoms with van der Waals surface area (Å²) in [6.45, 7) is 2.17. The number of nitrogens with zero attached hydrogens (tertiary/aromatic N) is 1. The second-order valence-corrected chi connectivity index (χ2v) is 5.33. The topological polar surface area (TPSA) is 12.5 Å². The van der Waals surface area contributed by atoms with Gasteiger partial charge >= 0.3 is 0 Å². The Labute approximate surface area is 125 Å². The highest BCUT2D eigenvalue weighted by Gasteiger charge is 2.11. The van der Waals surface area contributed by atoms with E-state index in [0.717, 1.165) is 18.8 Å².